The predicted octanol–water partition coefficient (Wildman–Crippen LogP) is 16.7. The normalized spacial score (nSPS) is 12.8. The van der Waals surface area contributed by atoms with E-state index >= 15 is 0 Å². The van der Waals surface area contributed by atoms with Crippen molar-refractivity contribution in [2.45, 2.75) is 309 Å². The van der Waals surface area contributed by atoms with Gasteiger partial charge in [-0.05, 0) is 77.0 Å². The minimum absolute atomic E-state index is 0.00210. The monoisotopic (exact) mass is 874 g/mol. The first-order chi connectivity index (χ1) is 30.5. The molecule has 0 radical (unpaired) electrons. The Morgan fingerprint density at radius 3 is 1.18 bits per heavy atom. The Kier molecular flexibility index (Phi) is 50.6. The van der Waals surface area contributed by atoms with Crippen molar-refractivity contribution in [2.24, 2.45) is 0 Å². The number of amides is 1. The van der Waals surface area contributed by atoms with Crippen molar-refractivity contribution in [3.05, 3.63) is 24.3 Å². The largest absolute Gasteiger partial charge is 0.466 e. The zero-order valence-electron chi connectivity index (χ0n) is 41.6. The summed E-state index contributed by atoms with van der Waals surface area (Å²) in [5.41, 5.74) is 0. The summed E-state index contributed by atoms with van der Waals surface area (Å²) in [7, 11) is 0. The molecule has 62 heavy (non-hydrogen) atoms. The van der Waals surface area contributed by atoms with Crippen LogP contribution in [0.4, 0.5) is 0 Å². The van der Waals surface area contributed by atoms with E-state index in [-0.39, 0.29) is 18.5 Å². The van der Waals surface area contributed by atoms with Crippen LogP contribution in [0, 0.1) is 0 Å². The van der Waals surface area contributed by atoms with Gasteiger partial charge in [0.1, 0.15) is 0 Å². The Hall–Kier alpha value is -1.66. The number of ether oxygens (including phenoxy) is 1. The molecule has 0 aromatic carbocycles. The summed E-state index contributed by atoms with van der Waals surface area (Å²) in [4.78, 5) is 24.4. The lowest BCUT2D eigenvalue weighted by atomic mass is 10.0. The summed E-state index contributed by atoms with van der Waals surface area (Å²) >= 11 is 0. The van der Waals surface area contributed by atoms with Crippen molar-refractivity contribution < 1.29 is 24.5 Å². The number of unbranched alkanes of at least 4 members (excludes halogenated alkanes) is 36. The highest BCUT2D eigenvalue weighted by Gasteiger charge is 2.20. The lowest BCUT2D eigenvalue weighted by Gasteiger charge is -2.22. The number of aliphatic hydroxyl groups is 2. The van der Waals surface area contributed by atoms with Gasteiger partial charge in [0.2, 0.25) is 5.91 Å². The van der Waals surface area contributed by atoms with Gasteiger partial charge < -0.3 is 20.3 Å². The number of carbonyl (C=O) groups excluding carboxylic acids is 2. The maximum absolute atomic E-state index is 12.4. The van der Waals surface area contributed by atoms with E-state index < -0.39 is 12.1 Å². The van der Waals surface area contributed by atoms with Gasteiger partial charge in [0.05, 0.1) is 25.4 Å². The van der Waals surface area contributed by atoms with Crippen LogP contribution < -0.4 is 5.32 Å². The Bertz CT molecular complexity index is 966. The lowest BCUT2D eigenvalue weighted by molar-refractivity contribution is -0.143. The smallest absolute Gasteiger partial charge is 0.305 e. The molecular weight excluding hydrogens is 767 g/mol. The molecule has 6 nitrogen and oxygen atoms in total. The maximum Gasteiger partial charge on any atom is 0.305 e. The third kappa shape index (κ3) is 47.8. The molecule has 0 saturated heterocycles. The number of rotatable bonds is 51. The minimum Gasteiger partial charge on any atom is -0.466 e. The molecular formula is C56H107NO5. The number of carbonyl (C=O) groups is 2. The molecule has 6 heteroatoms. The van der Waals surface area contributed by atoms with Crippen LogP contribution in [0.15, 0.2) is 24.3 Å². The van der Waals surface area contributed by atoms with E-state index in [2.05, 4.69) is 43.5 Å². The van der Waals surface area contributed by atoms with Crippen molar-refractivity contribution in [3.8, 4) is 0 Å². The van der Waals surface area contributed by atoms with Gasteiger partial charge >= 0.3 is 5.97 Å². The topological polar surface area (TPSA) is 95.9 Å². The molecule has 0 aliphatic carbocycles. The molecule has 0 heterocycles. The first kappa shape index (κ1) is 60.3. The Morgan fingerprint density at radius 1 is 0.435 bits per heavy atom. The summed E-state index contributed by atoms with van der Waals surface area (Å²) in [5, 5.41) is 23.1. The van der Waals surface area contributed by atoms with Crippen molar-refractivity contribution in [2.75, 3.05) is 13.2 Å². The van der Waals surface area contributed by atoms with E-state index in [4.69, 9.17) is 4.74 Å². The third-order valence-electron chi connectivity index (χ3n) is 12.7. The average Bonchev–Trinajstić information content (AvgIpc) is 3.27. The van der Waals surface area contributed by atoms with Crippen molar-refractivity contribution >= 4 is 11.9 Å². The number of allylic oxidation sites excluding steroid dienone is 4. The van der Waals surface area contributed by atoms with E-state index in [1.165, 1.54) is 218 Å². The van der Waals surface area contributed by atoms with Gasteiger partial charge in [-0.3, -0.25) is 9.59 Å². The second-order valence-electron chi connectivity index (χ2n) is 18.9. The SMILES string of the molecule is CCCCC/C=C\CCCCCCCC(=O)OCCCCCCCCCCCCCC/C=C\CCCCCCCCCCC(=O)NC(CO)C(O)CCCCCCCCCCC. The molecule has 2 atom stereocenters. The zero-order valence-corrected chi connectivity index (χ0v) is 41.6. The standard InChI is InChI=1S/C56H107NO5/c1-3-5-7-9-11-13-14-30-34-38-42-46-50-56(61)62-51-47-43-39-35-31-28-26-24-22-20-18-16-15-17-19-21-23-25-27-29-33-37-41-45-49-55(60)57-53(52-58)54(59)48-44-40-36-32-12-10-8-6-4-2/h11,13,17,19,53-54,58-59H,3-10,12,14-16,18,20-52H2,1-2H3,(H,57,60)/b13-11-,19-17-. The molecule has 0 aliphatic rings. The van der Waals surface area contributed by atoms with Crippen molar-refractivity contribution in [1.29, 1.82) is 0 Å². The zero-order chi connectivity index (χ0) is 45.1. The van der Waals surface area contributed by atoms with Gasteiger partial charge in [-0.1, -0.05) is 231 Å². The molecule has 2 unspecified atom stereocenters. The second-order valence-corrected chi connectivity index (χ2v) is 18.9. The van der Waals surface area contributed by atoms with E-state index in [0.29, 0.717) is 25.9 Å². The molecule has 0 saturated carbocycles. The molecule has 0 fully saturated rings. The van der Waals surface area contributed by atoms with E-state index in [1.54, 1.807) is 0 Å². The van der Waals surface area contributed by atoms with Gasteiger partial charge in [-0.25, -0.2) is 0 Å². The first-order valence-electron chi connectivity index (χ1n) is 27.6. The number of hydrogen-bond acceptors (Lipinski definition) is 5. The molecule has 1 amide bonds. The maximum atomic E-state index is 12.4. The van der Waals surface area contributed by atoms with Gasteiger partial charge in [0.15, 0.2) is 0 Å². The lowest BCUT2D eigenvalue weighted by Crippen LogP contribution is -2.45. The van der Waals surface area contributed by atoms with Crippen LogP contribution in [0.3, 0.4) is 0 Å². The molecule has 0 aromatic rings. The minimum atomic E-state index is -0.664. The van der Waals surface area contributed by atoms with E-state index in [9.17, 15) is 19.8 Å². The summed E-state index contributed by atoms with van der Waals surface area (Å²) in [6.07, 6.45) is 61.8. The molecule has 366 valence electrons. The molecule has 0 bridgehead atoms. The molecule has 0 rings (SSSR count). The highest BCUT2D eigenvalue weighted by molar-refractivity contribution is 5.76. The fourth-order valence-electron chi connectivity index (χ4n) is 8.45. The fraction of sp³-hybridized carbons (Fsp3) is 0.893. The Labute approximate surface area is 386 Å². The first-order valence-corrected chi connectivity index (χ1v) is 27.6. The molecule has 0 aromatic heterocycles. The van der Waals surface area contributed by atoms with Crippen LogP contribution in [0.5, 0.6) is 0 Å². The highest BCUT2D eigenvalue weighted by Crippen LogP contribution is 2.16. The van der Waals surface area contributed by atoms with Crippen LogP contribution in [0.1, 0.15) is 296 Å². The van der Waals surface area contributed by atoms with Crippen LogP contribution in [0.25, 0.3) is 0 Å². The summed E-state index contributed by atoms with van der Waals surface area (Å²) < 4.78 is 5.46. The molecule has 0 spiro atoms. The quantitative estimate of drug-likeness (QED) is 0.0321. The molecule has 0 aliphatic heterocycles. The van der Waals surface area contributed by atoms with Gasteiger partial charge in [-0.15, -0.1) is 0 Å². The second kappa shape index (κ2) is 52.0. The van der Waals surface area contributed by atoms with Gasteiger partial charge in [0.25, 0.3) is 0 Å². The Balaban J connectivity index is 3.38. The summed E-state index contributed by atoms with van der Waals surface area (Å²) in [5.74, 6) is -0.0398. The highest BCUT2D eigenvalue weighted by atomic mass is 16.5. The van der Waals surface area contributed by atoms with Crippen LogP contribution >= 0.6 is 0 Å². The van der Waals surface area contributed by atoms with Crippen molar-refractivity contribution in [1.82, 2.24) is 5.32 Å². The van der Waals surface area contributed by atoms with Crippen LogP contribution in [-0.2, 0) is 14.3 Å². The number of esters is 1. The molecule has 3 N–H and O–H groups in total. The van der Waals surface area contributed by atoms with Gasteiger partial charge in [0, 0.05) is 12.8 Å². The van der Waals surface area contributed by atoms with Crippen LogP contribution in [0.2, 0.25) is 0 Å². The Morgan fingerprint density at radius 2 is 0.758 bits per heavy atom. The summed E-state index contributed by atoms with van der Waals surface area (Å²) in [6.45, 7) is 4.90. The number of hydrogen-bond donors (Lipinski definition) is 3. The van der Waals surface area contributed by atoms with E-state index in [1.807, 2.05) is 0 Å². The number of aliphatic hydroxyl groups excluding tert-OH is 2. The fourth-order valence-corrected chi connectivity index (χ4v) is 8.45. The van der Waals surface area contributed by atoms with Crippen molar-refractivity contribution in [3.63, 3.8) is 0 Å². The average molecular weight is 874 g/mol. The predicted molar refractivity (Wildman–Crippen MR) is 269 cm³/mol. The van der Waals surface area contributed by atoms with E-state index in [0.717, 1.165) is 44.9 Å². The van der Waals surface area contributed by atoms with Gasteiger partial charge in [-0.2, -0.15) is 0 Å². The number of nitrogens with one attached hydrogen (secondary N) is 1. The summed E-state index contributed by atoms with van der Waals surface area (Å²) in [6, 6.07) is -0.542. The third-order valence-corrected chi connectivity index (χ3v) is 12.7. The van der Waals surface area contributed by atoms with Crippen LogP contribution in [-0.4, -0.2) is 47.4 Å².